The maximum atomic E-state index is 12.3. The fourth-order valence-electron chi connectivity index (χ4n) is 2.60. The van der Waals surface area contributed by atoms with Crippen LogP contribution in [0.25, 0.3) is 11.3 Å². The maximum Gasteiger partial charge on any atom is 0.321 e. The quantitative estimate of drug-likeness (QED) is 0.478. The largest absolute Gasteiger partial charge is 0.480 e. The molecular formula is C19H23N3O5S. The number of nitrogens with one attached hydrogen (secondary N) is 2. The first-order valence-corrected chi connectivity index (χ1v) is 9.66. The topological polar surface area (TPSA) is 129 Å². The minimum atomic E-state index is -1.31. The summed E-state index contributed by atoms with van der Waals surface area (Å²) in [6.45, 7) is 3.68. The Labute approximate surface area is 166 Å². The predicted octanol–water partition coefficient (Wildman–Crippen LogP) is 2.68. The number of benzene rings is 1. The molecule has 0 aliphatic rings. The standard InChI is InChI=1S/C19H23N3O5S/c1-11(2)8-13(17(24)25)20-14(18(26)27)9-16(23)22-19-21-15(10-28-19)12-6-4-3-5-7-12/h3-7,10-11,13-14,20H,8-9H2,1-2H3,(H,24,25)(H,26,27)(H,21,22,23)/t13-,14?/m0/s1. The second kappa shape index (κ2) is 9.95. The number of hydrogen-bond donors (Lipinski definition) is 4. The Balaban J connectivity index is 2.00. The van der Waals surface area contributed by atoms with Gasteiger partial charge in [0.2, 0.25) is 5.91 Å². The smallest absolute Gasteiger partial charge is 0.321 e. The van der Waals surface area contributed by atoms with Gasteiger partial charge < -0.3 is 15.5 Å². The van der Waals surface area contributed by atoms with Crippen LogP contribution >= 0.6 is 11.3 Å². The van der Waals surface area contributed by atoms with Gasteiger partial charge in [-0.1, -0.05) is 44.2 Å². The Bertz CT molecular complexity index is 822. The molecule has 0 aliphatic carbocycles. The zero-order chi connectivity index (χ0) is 20.7. The molecular weight excluding hydrogens is 382 g/mol. The summed E-state index contributed by atoms with van der Waals surface area (Å²) in [7, 11) is 0. The van der Waals surface area contributed by atoms with Crippen molar-refractivity contribution in [1.29, 1.82) is 0 Å². The van der Waals surface area contributed by atoms with Crippen molar-refractivity contribution in [3.05, 3.63) is 35.7 Å². The molecule has 0 aliphatic heterocycles. The van der Waals surface area contributed by atoms with Crippen molar-refractivity contribution in [2.45, 2.75) is 38.8 Å². The Kier molecular flexibility index (Phi) is 7.65. The van der Waals surface area contributed by atoms with Crippen LogP contribution in [0.3, 0.4) is 0 Å². The summed E-state index contributed by atoms with van der Waals surface area (Å²) in [5, 5.41) is 25.9. The van der Waals surface area contributed by atoms with Crippen LogP contribution in [0.2, 0.25) is 0 Å². The van der Waals surface area contributed by atoms with Crippen LogP contribution in [0, 0.1) is 5.92 Å². The van der Waals surface area contributed by atoms with Crippen molar-refractivity contribution in [3.63, 3.8) is 0 Å². The lowest BCUT2D eigenvalue weighted by atomic mass is 10.0. The molecule has 1 aromatic carbocycles. The lowest BCUT2D eigenvalue weighted by Crippen LogP contribution is -2.49. The molecule has 150 valence electrons. The number of carbonyl (C=O) groups is 3. The monoisotopic (exact) mass is 405 g/mol. The predicted molar refractivity (Wildman–Crippen MR) is 106 cm³/mol. The summed E-state index contributed by atoms with van der Waals surface area (Å²) in [6.07, 6.45) is -0.148. The highest BCUT2D eigenvalue weighted by Gasteiger charge is 2.28. The second-order valence-corrected chi connectivity index (χ2v) is 7.59. The number of carboxylic acids is 2. The lowest BCUT2D eigenvalue weighted by Gasteiger charge is -2.21. The molecule has 4 N–H and O–H groups in total. The summed E-state index contributed by atoms with van der Waals surface area (Å²) < 4.78 is 0. The summed E-state index contributed by atoms with van der Waals surface area (Å²) in [5.41, 5.74) is 1.61. The van der Waals surface area contributed by atoms with E-state index in [1.165, 1.54) is 11.3 Å². The van der Waals surface area contributed by atoms with E-state index in [0.29, 0.717) is 10.8 Å². The number of carboxylic acid groups (broad SMARTS) is 2. The van der Waals surface area contributed by atoms with Crippen LogP contribution in [-0.2, 0) is 14.4 Å². The van der Waals surface area contributed by atoms with Crippen LogP contribution in [-0.4, -0.2) is 45.1 Å². The number of aromatic nitrogens is 1. The highest BCUT2D eigenvalue weighted by molar-refractivity contribution is 7.14. The van der Waals surface area contributed by atoms with Gasteiger partial charge in [0.15, 0.2) is 5.13 Å². The molecule has 0 radical (unpaired) electrons. The van der Waals surface area contributed by atoms with E-state index in [1.807, 2.05) is 44.2 Å². The Hall–Kier alpha value is -2.78. The van der Waals surface area contributed by atoms with E-state index in [1.54, 1.807) is 5.38 Å². The van der Waals surface area contributed by atoms with E-state index in [9.17, 15) is 24.6 Å². The third-order valence-corrected chi connectivity index (χ3v) is 4.67. The van der Waals surface area contributed by atoms with Crippen molar-refractivity contribution >= 4 is 34.3 Å². The molecule has 1 heterocycles. The van der Waals surface area contributed by atoms with E-state index in [0.717, 1.165) is 5.56 Å². The first-order chi connectivity index (χ1) is 13.3. The molecule has 0 spiro atoms. The first-order valence-electron chi connectivity index (χ1n) is 8.78. The molecule has 8 nitrogen and oxygen atoms in total. The van der Waals surface area contributed by atoms with Gasteiger partial charge in [0.25, 0.3) is 0 Å². The van der Waals surface area contributed by atoms with Gasteiger partial charge in [0.1, 0.15) is 12.1 Å². The number of rotatable bonds is 10. The highest BCUT2D eigenvalue weighted by atomic mass is 32.1. The van der Waals surface area contributed by atoms with Gasteiger partial charge in [-0.05, 0) is 12.3 Å². The summed E-state index contributed by atoms with van der Waals surface area (Å²) in [6, 6.07) is 7.09. The lowest BCUT2D eigenvalue weighted by molar-refractivity contribution is -0.144. The molecule has 28 heavy (non-hydrogen) atoms. The Morgan fingerprint density at radius 2 is 1.71 bits per heavy atom. The molecule has 0 bridgehead atoms. The number of hydrogen-bond acceptors (Lipinski definition) is 6. The SMILES string of the molecule is CC(C)C[C@H](NC(CC(=O)Nc1nc(-c2ccccc2)cs1)C(=O)O)C(=O)O. The van der Waals surface area contributed by atoms with Gasteiger partial charge in [0.05, 0.1) is 12.1 Å². The van der Waals surface area contributed by atoms with Crippen molar-refractivity contribution in [3.8, 4) is 11.3 Å². The molecule has 9 heteroatoms. The average Bonchev–Trinajstić information content (AvgIpc) is 3.09. The zero-order valence-corrected chi connectivity index (χ0v) is 16.4. The fraction of sp³-hybridized carbons (Fsp3) is 0.368. The van der Waals surface area contributed by atoms with Gasteiger partial charge >= 0.3 is 11.9 Å². The number of anilines is 1. The maximum absolute atomic E-state index is 12.3. The van der Waals surface area contributed by atoms with Crippen LogP contribution in [0.4, 0.5) is 5.13 Å². The van der Waals surface area contributed by atoms with Gasteiger partial charge in [-0.15, -0.1) is 11.3 Å². The number of nitrogens with zero attached hydrogens (tertiary/aromatic N) is 1. The molecule has 2 atom stereocenters. The van der Waals surface area contributed by atoms with Crippen molar-refractivity contribution < 1.29 is 24.6 Å². The zero-order valence-electron chi connectivity index (χ0n) is 15.6. The van der Waals surface area contributed by atoms with E-state index >= 15 is 0 Å². The normalized spacial score (nSPS) is 13.1. The molecule has 0 saturated carbocycles. The second-order valence-electron chi connectivity index (χ2n) is 6.73. The molecule has 0 fully saturated rings. The minimum Gasteiger partial charge on any atom is -0.480 e. The van der Waals surface area contributed by atoms with Crippen molar-refractivity contribution in [2.24, 2.45) is 5.92 Å². The molecule has 1 aromatic heterocycles. The summed E-state index contributed by atoms with van der Waals surface area (Å²) >= 11 is 1.23. The molecule has 0 saturated heterocycles. The minimum absolute atomic E-state index is 0.0589. The molecule has 1 unspecified atom stereocenters. The van der Waals surface area contributed by atoms with Crippen LogP contribution in [0.5, 0.6) is 0 Å². The fourth-order valence-corrected chi connectivity index (χ4v) is 3.34. The molecule has 2 aromatic rings. The van der Waals surface area contributed by atoms with Crippen molar-refractivity contribution in [2.75, 3.05) is 5.32 Å². The van der Waals surface area contributed by atoms with E-state index in [-0.39, 0.29) is 12.3 Å². The molecule has 1 amide bonds. The average molecular weight is 405 g/mol. The van der Waals surface area contributed by atoms with Crippen LogP contribution in [0.1, 0.15) is 26.7 Å². The van der Waals surface area contributed by atoms with Gasteiger partial charge in [0, 0.05) is 10.9 Å². The van der Waals surface area contributed by atoms with Crippen LogP contribution < -0.4 is 10.6 Å². The third kappa shape index (κ3) is 6.43. The number of aliphatic carboxylic acids is 2. The van der Waals surface area contributed by atoms with Crippen molar-refractivity contribution in [1.82, 2.24) is 10.3 Å². The van der Waals surface area contributed by atoms with E-state index < -0.39 is 36.4 Å². The first kappa shape index (κ1) is 21.5. The highest BCUT2D eigenvalue weighted by Crippen LogP contribution is 2.24. The van der Waals surface area contributed by atoms with E-state index in [4.69, 9.17) is 0 Å². The number of thiazole rings is 1. The molecule has 2 rings (SSSR count). The van der Waals surface area contributed by atoms with E-state index in [2.05, 4.69) is 15.6 Å². The van der Waals surface area contributed by atoms with Gasteiger partial charge in [-0.2, -0.15) is 0 Å². The van der Waals surface area contributed by atoms with Crippen LogP contribution in [0.15, 0.2) is 35.7 Å². The summed E-state index contributed by atoms with van der Waals surface area (Å²) in [5.74, 6) is -2.92. The summed E-state index contributed by atoms with van der Waals surface area (Å²) in [4.78, 5) is 39.4. The number of carbonyl (C=O) groups excluding carboxylic acids is 1. The van der Waals surface area contributed by atoms with Gasteiger partial charge in [-0.25, -0.2) is 4.98 Å². The third-order valence-electron chi connectivity index (χ3n) is 3.92. The number of amides is 1. The Morgan fingerprint density at radius 1 is 1.07 bits per heavy atom. The van der Waals surface area contributed by atoms with Gasteiger partial charge in [-0.3, -0.25) is 19.7 Å². The Morgan fingerprint density at radius 3 is 2.29 bits per heavy atom.